The number of hydrogen-bond acceptors (Lipinski definition) is 3. The van der Waals surface area contributed by atoms with Crippen LogP contribution in [-0.2, 0) is 28.9 Å². The number of carboxylic acid groups (broad SMARTS) is 1. The molecule has 0 aliphatic heterocycles. The minimum atomic E-state index is -1.09. The van der Waals surface area contributed by atoms with Crippen molar-refractivity contribution < 1.29 is 19.4 Å². The van der Waals surface area contributed by atoms with Crippen molar-refractivity contribution >= 4 is 11.9 Å². The number of amides is 1. The van der Waals surface area contributed by atoms with Crippen LogP contribution in [0.3, 0.4) is 0 Å². The van der Waals surface area contributed by atoms with Gasteiger partial charge in [0.15, 0.2) is 6.04 Å². The molecular formula is C21H23NO4. The summed E-state index contributed by atoms with van der Waals surface area (Å²) in [5.74, 6) is -0.754. The number of carbonyl (C=O) groups excluding carboxylic acids is 1. The average Bonchev–Trinajstić information content (AvgIpc) is 2.66. The van der Waals surface area contributed by atoms with Crippen LogP contribution in [0, 0.1) is 0 Å². The average molecular weight is 353 g/mol. The van der Waals surface area contributed by atoms with Crippen molar-refractivity contribution in [3.63, 3.8) is 0 Å². The van der Waals surface area contributed by atoms with Crippen LogP contribution in [0.4, 0.5) is 0 Å². The third-order valence-electron chi connectivity index (χ3n) is 4.78. The number of nitrogens with one attached hydrogen (secondary N) is 1. The summed E-state index contributed by atoms with van der Waals surface area (Å²) >= 11 is 0. The molecule has 5 nitrogen and oxygen atoms in total. The van der Waals surface area contributed by atoms with Gasteiger partial charge >= 0.3 is 5.97 Å². The normalized spacial score (nSPS) is 14.2. The van der Waals surface area contributed by atoms with Gasteiger partial charge in [0.2, 0.25) is 5.91 Å². The molecule has 1 atom stereocenters. The van der Waals surface area contributed by atoms with E-state index in [9.17, 15) is 14.7 Å². The van der Waals surface area contributed by atoms with E-state index in [1.807, 2.05) is 6.07 Å². The zero-order chi connectivity index (χ0) is 18.5. The Morgan fingerprint density at radius 1 is 1.08 bits per heavy atom. The molecule has 5 heteroatoms. The fourth-order valence-electron chi connectivity index (χ4n) is 3.38. The highest BCUT2D eigenvalue weighted by molar-refractivity contribution is 5.85. The first-order chi connectivity index (χ1) is 12.6. The molecule has 0 spiro atoms. The summed E-state index contributed by atoms with van der Waals surface area (Å²) in [4.78, 5) is 24.0. The molecule has 1 amide bonds. The van der Waals surface area contributed by atoms with Crippen LogP contribution >= 0.6 is 0 Å². The molecule has 2 aromatic rings. The molecule has 2 aromatic carbocycles. The number of rotatable bonds is 6. The topological polar surface area (TPSA) is 75.6 Å². The first-order valence-electron chi connectivity index (χ1n) is 8.83. The highest BCUT2D eigenvalue weighted by atomic mass is 16.5. The Morgan fingerprint density at radius 3 is 2.42 bits per heavy atom. The summed E-state index contributed by atoms with van der Waals surface area (Å²) in [6.07, 6.45) is 4.72. The third kappa shape index (κ3) is 4.23. The molecule has 0 saturated heterocycles. The van der Waals surface area contributed by atoms with Gasteiger partial charge in [-0.15, -0.1) is 0 Å². The minimum Gasteiger partial charge on any atom is -0.497 e. The maximum absolute atomic E-state index is 12.4. The maximum Gasteiger partial charge on any atom is 0.330 e. The third-order valence-corrected chi connectivity index (χ3v) is 4.78. The number of carboxylic acids is 1. The van der Waals surface area contributed by atoms with E-state index in [-0.39, 0.29) is 12.3 Å². The molecule has 26 heavy (non-hydrogen) atoms. The highest BCUT2D eigenvalue weighted by Gasteiger charge is 2.22. The van der Waals surface area contributed by atoms with E-state index in [0.29, 0.717) is 11.3 Å². The van der Waals surface area contributed by atoms with Crippen LogP contribution < -0.4 is 10.1 Å². The van der Waals surface area contributed by atoms with Crippen molar-refractivity contribution in [1.29, 1.82) is 0 Å². The summed E-state index contributed by atoms with van der Waals surface area (Å²) < 4.78 is 5.08. The Kier molecular flexibility index (Phi) is 5.56. The molecule has 0 fully saturated rings. The molecule has 1 aliphatic carbocycles. The predicted octanol–water partition coefficient (Wildman–Crippen LogP) is 3.06. The van der Waals surface area contributed by atoms with Gasteiger partial charge in [-0.25, -0.2) is 4.79 Å². The number of aliphatic carboxylic acids is 1. The number of hydrogen-bond donors (Lipinski definition) is 2. The van der Waals surface area contributed by atoms with Gasteiger partial charge in [-0.05, 0) is 60.1 Å². The second kappa shape index (κ2) is 8.04. The standard InChI is InChI=1S/C21H23NO4/c1-26-18-10-8-16(9-11-18)20(21(24)25)22-19(23)13-14-6-7-15-4-2-3-5-17(15)12-14/h6-12,20H,2-5,13H2,1H3,(H,22,23)(H,24,25). The second-order valence-corrected chi connectivity index (χ2v) is 6.60. The molecule has 136 valence electrons. The Balaban J connectivity index is 1.69. The van der Waals surface area contributed by atoms with Gasteiger partial charge in [0.1, 0.15) is 5.75 Å². The van der Waals surface area contributed by atoms with E-state index >= 15 is 0 Å². The van der Waals surface area contributed by atoms with Crippen LogP contribution in [0.15, 0.2) is 42.5 Å². The summed E-state index contributed by atoms with van der Waals surface area (Å²) in [6, 6.07) is 11.7. The zero-order valence-electron chi connectivity index (χ0n) is 14.8. The van der Waals surface area contributed by atoms with Crippen LogP contribution in [0.2, 0.25) is 0 Å². The number of fused-ring (bicyclic) bond motifs is 1. The van der Waals surface area contributed by atoms with Gasteiger partial charge in [-0.2, -0.15) is 0 Å². The lowest BCUT2D eigenvalue weighted by Crippen LogP contribution is -2.34. The minimum absolute atomic E-state index is 0.174. The summed E-state index contributed by atoms with van der Waals surface area (Å²) in [6.45, 7) is 0. The van der Waals surface area contributed by atoms with Crippen molar-refractivity contribution in [2.24, 2.45) is 0 Å². The van der Waals surface area contributed by atoms with E-state index in [0.717, 1.165) is 18.4 Å². The molecule has 0 radical (unpaired) electrons. The molecule has 2 N–H and O–H groups in total. The van der Waals surface area contributed by atoms with Crippen LogP contribution in [-0.4, -0.2) is 24.1 Å². The number of ether oxygens (including phenoxy) is 1. The van der Waals surface area contributed by atoms with Crippen molar-refractivity contribution in [3.05, 3.63) is 64.7 Å². The molecule has 0 saturated carbocycles. The van der Waals surface area contributed by atoms with Gasteiger partial charge in [0, 0.05) is 0 Å². The van der Waals surface area contributed by atoms with Crippen molar-refractivity contribution in [2.75, 3.05) is 7.11 Å². The van der Waals surface area contributed by atoms with Gasteiger partial charge in [0.05, 0.1) is 13.5 Å². The Bertz CT molecular complexity index is 798. The number of methoxy groups -OCH3 is 1. The Morgan fingerprint density at radius 2 is 1.77 bits per heavy atom. The fraction of sp³-hybridized carbons (Fsp3) is 0.333. The molecule has 1 unspecified atom stereocenters. The van der Waals surface area contributed by atoms with Gasteiger partial charge in [-0.3, -0.25) is 4.79 Å². The fourth-order valence-corrected chi connectivity index (χ4v) is 3.38. The molecule has 0 bridgehead atoms. The van der Waals surface area contributed by atoms with E-state index in [2.05, 4.69) is 17.4 Å². The Hall–Kier alpha value is -2.82. The number of benzene rings is 2. The van der Waals surface area contributed by atoms with Gasteiger partial charge < -0.3 is 15.2 Å². The molecule has 0 aromatic heterocycles. The van der Waals surface area contributed by atoms with Crippen molar-refractivity contribution in [3.8, 4) is 5.75 Å². The van der Waals surface area contributed by atoms with E-state index in [4.69, 9.17) is 4.74 Å². The van der Waals surface area contributed by atoms with Crippen LogP contribution in [0.1, 0.15) is 41.1 Å². The molecule has 1 aliphatic rings. The predicted molar refractivity (Wildman–Crippen MR) is 98.3 cm³/mol. The first-order valence-corrected chi connectivity index (χ1v) is 8.83. The monoisotopic (exact) mass is 353 g/mol. The largest absolute Gasteiger partial charge is 0.497 e. The van der Waals surface area contributed by atoms with Crippen molar-refractivity contribution in [1.82, 2.24) is 5.32 Å². The maximum atomic E-state index is 12.4. The first kappa shape index (κ1) is 18.0. The lowest BCUT2D eigenvalue weighted by atomic mass is 9.90. The highest BCUT2D eigenvalue weighted by Crippen LogP contribution is 2.23. The number of aryl methyl sites for hydroxylation is 2. The SMILES string of the molecule is COc1ccc(C(NC(=O)Cc2ccc3c(c2)CCCC3)C(=O)O)cc1. The quantitative estimate of drug-likeness (QED) is 0.837. The lowest BCUT2D eigenvalue weighted by Gasteiger charge is -2.18. The van der Waals surface area contributed by atoms with Gasteiger partial charge in [0.25, 0.3) is 0 Å². The van der Waals surface area contributed by atoms with E-state index < -0.39 is 12.0 Å². The molecule has 3 rings (SSSR count). The zero-order valence-corrected chi connectivity index (χ0v) is 14.8. The van der Waals surface area contributed by atoms with E-state index in [1.54, 1.807) is 31.4 Å². The smallest absolute Gasteiger partial charge is 0.330 e. The molecule has 0 heterocycles. The van der Waals surface area contributed by atoms with Gasteiger partial charge in [-0.1, -0.05) is 30.3 Å². The second-order valence-electron chi connectivity index (χ2n) is 6.60. The Labute approximate surface area is 153 Å². The summed E-state index contributed by atoms with van der Waals surface area (Å²) in [5.41, 5.74) is 4.10. The summed E-state index contributed by atoms with van der Waals surface area (Å²) in [5, 5.41) is 12.1. The molecular weight excluding hydrogens is 330 g/mol. The number of carbonyl (C=O) groups is 2. The van der Waals surface area contributed by atoms with Crippen LogP contribution in [0.25, 0.3) is 0 Å². The summed E-state index contributed by atoms with van der Waals surface area (Å²) in [7, 11) is 1.55. The van der Waals surface area contributed by atoms with E-state index in [1.165, 1.54) is 24.0 Å². The lowest BCUT2D eigenvalue weighted by molar-refractivity contribution is -0.141. The van der Waals surface area contributed by atoms with Crippen LogP contribution in [0.5, 0.6) is 5.75 Å². The van der Waals surface area contributed by atoms with Crippen molar-refractivity contribution in [2.45, 2.75) is 38.1 Å².